The van der Waals surface area contributed by atoms with E-state index in [4.69, 9.17) is 0 Å². The minimum absolute atomic E-state index is 1.04. The summed E-state index contributed by atoms with van der Waals surface area (Å²) in [6, 6.07) is 17.2. The van der Waals surface area contributed by atoms with Gasteiger partial charge < -0.3 is 0 Å². The monoisotopic (exact) mass is 392 g/mol. The average Bonchev–Trinajstić information content (AvgIpc) is 2.47. The zero-order valence-corrected chi connectivity index (χ0v) is 15.0. The third kappa shape index (κ3) is 3.62. The van der Waals surface area contributed by atoms with Crippen molar-refractivity contribution in [3.05, 3.63) is 68.6 Å². The van der Waals surface area contributed by atoms with Crippen molar-refractivity contribution in [3.63, 3.8) is 0 Å². The zero-order chi connectivity index (χ0) is 14.5. The molecule has 104 valence electrons. The quantitative estimate of drug-likeness (QED) is 0.493. The molecule has 0 saturated heterocycles. The van der Waals surface area contributed by atoms with Crippen LogP contribution in [0.3, 0.4) is 0 Å². The fourth-order valence-corrected chi connectivity index (χ4v) is 3.01. The summed E-state index contributed by atoms with van der Waals surface area (Å²) in [7, 11) is 0. The highest BCUT2D eigenvalue weighted by Gasteiger charge is 2.08. The lowest BCUT2D eigenvalue weighted by molar-refractivity contribution is 1.18. The third-order valence-electron chi connectivity index (χ3n) is 3.46. The van der Waals surface area contributed by atoms with E-state index >= 15 is 0 Å². The Morgan fingerprint density at radius 2 is 0.950 bits per heavy atom. The molecule has 0 radical (unpaired) electrons. The maximum Gasteiger partial charge on any atom is 0.0175 e. The van der Waals surface area contributed by atoms with Gasteiger partial charge in [0.25, 0.3) is 0 Å². The number of benzene rings is 2. The van der Waals surface area contributed by atoms with Crippen LogP contribution < -0.4 is 0 Å². The van der Waals surface area contributed by atoms with Crippen LogP contribution in [0.1, 0.15) is 37.8 Å². The zero-order valence-electron chi connectivity index (χ0n) is 11.8. The summed E-state index contributed by atoms with van der Waals surface area (Å²) in [5.41, 5.74) is 5.50. The van der Waals surface area contributed by atoms with Crippen molar-refractivity contribution in [1.29, 1.82) is 0 Å². The molecule has 0 saturated carbocycles. The molecule has 0 aliphatic rings. The summed E-state index contributed by atoms with van der Waals surface area (Å²) < 4.78 is 2.25. The van der Waals surface area contributed by atoms with Crippen molar-refractivity contribution in [2.45, 2.75) is 26.7 Å². The van der Waals surface area contributed by atoms with E-state index in [1.54, 1.807) is 0 Å². The maximum atomic E-state index is 3.50. The van der Waals surface area contributed by atoms with Gasteiger partial charge in [-0.3, -0.25) is 0 Å². The van der Waals surface area contributed by atoms with Gasteiger partial charge in [0.05, 0.1) is 0 Å². The Morgan fingerprint density at radius 1 is 0.650 bits per heavy atom. The van der Waals surface area contributed by atoms with Crippen molar-refractivity contribution in [2.24, 2.45) is 0 Å². The molecule has 2 aromatic rings. The van der Waals surface area contributed by atoms with Crippen molar-refractivity contribution >= 4 is 43.0 Å². The van der Waals surface area contributed by atoms with E-state index in [9.17, 15) is 0 Å². The first-order chi connectivity index (χ1) is 9.65. The lowest BCUT2D eigenvalue weighted by Gasteiger charge is -2.14. The van der Waals surface area contributed by atoms with Crippen LogP contribution in [0.2, 0.25) is 0 Å². The van der Waals surface area contributed by atoms with E-state index in [2.05, 4.69) is 94.2 Å². The number of hydrogen-bond donors (Lipinski definition) is 0. The number of hydrogen-bond acceptors (Lipinski definition) is 0. The molecule has 0 unspecified atom stereocenters. The molecule has 0 aromatic heterocycles. The summed E-state index contributed by atoms with van der Waals surface area (Å²) >= 11 is 7.00. The summed E-state index contributed by atoms with van der Waals surface area (Å²) in [6.45, 7) is 4.46. The Balaban J connectivity index is 2.52. The van der Waals surface area contributed by atoms with Crippen LogP contribution in [-0.2, 0) is 0 Å². The van der Waals surface area contributed by atoms with E-state index < -0.39 is 0 Å². The average molecular weight is 394 g/mol. The van der Waals surface area contributed by atoms with Gasteiger partial charge in [-0.25, -0.2) is 0 Å². The topological polar surface area (TPSA) is 0 Å². The highest BCUT2D eigenvalue weighted by Crippen LogP contribution is 2.32. The molecule has 2 rings (SSSR count). The second kappa shape index (κ2) is 7.24. The van der Waals surface area contributed by atoms with Gasteiger partial charge in [-0.2, -0.15) is 0 Å². The minimum atomic E-state index is 1.04. The maximum absolute atomic E-state index is 3.50. The van der Waals surface area contributed by atoms with Gasteiger partial charge in [0, 0.05) is 8.95 Å². The fraction of sp³-hybridized carbons (Fsp3) is 0.222. The van der Waals surface area contributed by atoms with Crippen molar-refractivity contribution < 1.29 is 0 Å². The van der Waals surface area contributed by atoms with Gasteiger partial charge >= 0.3 is 0 Å². The molecule has 20 heavy (non-hydrogen) atoms. The molecule has 0 aliphatic carbocycles. The molecule has 0 nitrogen and oxygen atoms in total. The van der Waals surface area contributed by atoms with Crippen LogP contribution in [-0.4, -0.2) is 0 Å². The Labute approximate surface area is 138 Å². The summed E-state index contributed by atoms with van der Waals surface area (Å²) in [5.74, 6) is 0. The van der Waals surface area contributed by atoms with E-state index in [-0.39, 0.29) is 0 Å². The SMILES string of the molecule is CC/C(=C(/CC)c1ccc(Br)cc1)c1ccc(Br)cc1. The van der Waals surface area contributed by atoms with E-state index in [1.807, 2.05) is 0 Å². The Bertz CT molecular complexity index is 537. The van der Waals surface area contributed by atoms with E-state index in [0.29, 0.717) is 0 Å². The molecular weight excluding hydrogens is 376 g/mol. The molecule has 0 amide bonds. The molecule has 0 N–H and O–H groups in total. The number of rotatable bonds is 4. The number of allylic oxidation sites excluding steroid dienone is 2. The highest BCUT2D eigenvalue weighted by atomic mass is 79.9. The standard InChI is InChI=1S/C18H18Br2/c1-3-17(13-5-9-15(19)10-6-13)18(4-2)14-7-11-16(20)12-8-14/h5-12H,3-4H2,1-2H3/b18-17+. The normalized spacial score (nSPS) is 12.2. The summed E-state index contributed by atoms with van der Waals surface area (Å²) in [5, 5.41) is 0. The summed E-state index contributed by atoms with van der Waals surface area (Å²) in [4.78, 5) is 0. The van der Waals surface area contributed by atoms with Crippen LogP contribution >= 0.6 is 31.9 Å². The molecule has 0 spiro atoms. The Morgan fingerprint density at radius 3 is 1.20 bits per heavy atom. The van der Waals surface area contributed by atoms with Gasteiger partial charge in [-0.15, -0.1) is 0 Å². The lowest BCUT2D eigenvalue weighted by Crippen LogP contribution is -1.91. The minimum Gasteiger partial charge on any atom is -0.0613 e. The predicted octanol–water partition coefficient (Wildman–Crippen LogP) is 6.94. The van der Waals surface area contributed by atoms with Crippen molar-refractivity contribution in [3.8, 4) is 0 Å². The van der Waals surface area contributed by atoms with Gasteiger partial charge in [-0.1, -0.05) is 70.0 Å². The largest absolute Gasteiger partial charge is 0.0613 e. The van der Waals surface area contributed by atoms with Gasteiger partial charge in [-0.05, 0) is 59.4 Å². The van der Waals surface area contributed by atoms with Crippen molar-refractivity contribution in [2.75, 3.05) is 0 Å². The molecule has 0 aliphatic heterocycles. The molecular formula is C18H18Br2. The molecule has 2 aromatic carbocycles. The molecule has 0 fully saturated rings. The van der Waals surface area contributed by atoms with Gasteiger partial charge in [0.1, 0.15) is 0 Å². The predicted molar refractivity (Wildman–Crippen MR) is 95.7 cm³/mol. The third-order valence-corrected chi connectivity index (χ3v) is 4.51. The first kappa shape index (κ1) is 15.5. The summed E-state index contributed by atoms with van der Waals surface area (Å²) in [6.07, 6.45) is 2.09. The van der Waals surface area contributed by atoms with E-state index in [1.165, 1.54) is 22.3 Å². The van der Waals surface area contributed by atoms with E-state index in [0.717, 1.165) is 21.8 Å². The molecule has 0 heterocycles. The smallest absolute Gasteiger partial charge is 0.0175 e. The lowest BCUT2D eigenvalue weighted by atomic mass is 9.91. The second-order valence-electron chi connectivity index (χ2n) is 4.68. The molecule has 2 heteroatoms. The first-order valence-electron chi connectivity index (χ1n) is 6.89. The fourth-order valence-electron chi connectivity index (χ4n) is 2.49. The molecule has 0 atom stereocenters. The highest BCUT2D eigenvalue weighted by molar-refractivity contribution is 9.10. The van der Waals surface area contributed by atoms with Gasteiger partial charge in [0.2, 0.25) is 0 Å². The molecule has 0 bridgehead atoms. The van der Waals surface area contributed by atoms with Crippen LogP contribution in [0, 0.1) is 0 Å². The second-order valence-corrected chi connectivity index (χ2v) is 6.51. The Hall–Kier alpha value is -0.860. The van der Waals surface area contributed by atoms with Crippen LogP contribution in [0.15, 0.2) is 57.5 Å². The van der Waals surface area contributed by atoms with Crippen LogP contribution in [0.25, 0.3) is 11.1 Å². The van der Waals surface area contributed by atoms with Crippen LogP contribution in [0.5, 0.6) is 0 Å². The van der Waals surface area contributed by atoms with Crippen LogP contribution in [0.4, 0.5) is 0 Å². The number of halogens is 2. The van der Waals surface area contributed by atoms with Crippen molar-refractivity contribution in [1.82, 2.24) is 0 Å². The van der Waals surface area contributed by atoms with Gasteiger partial charge in [0.15, 0.2) is 0 Å². The first-order valence-corrected chi connectivity index (χ1v) is 8.48. The Kier molecular flexibility index (Phi) is 5.62.